The number of nitrogens with one attached hydrogen (secondary N) is 1. The molecule has 1 amide bonds. The van der Waals surface area contributed by atoms with Crippen molar-refractivity contribution in [3.05, 3.63) is 53.6 Å². The van der Waals surface area contributed by atoms with Gasteiger partial charge < -0.3 is 15.0 Å². The molecule has 0 radical (unpaired) electrons. The molecule has 0 fully saturated rings. The van der Waals surface area contributed by atoms with Crippen LogP contribution in [0, 0.1) is 0 Å². The van der Waals surface area contributed by atoms with E-state index in [1.807, 2.05) is 38.4 Å². The second kappa shape index (κ2) is 10.6. The van der Waals surface area contributed by atoms with Crippen molar-refractivity contribution in [3.63, 3.8) is 0 Å². The molecule has 2 aromatic carbocycles. The molecule has 2 aromatic rings. The minimum absolute atomic E-state index is 0.0135. The number of amides is 1. The third-order valence-electron chi connectivity index (χ3n) is 4.81. The standard InChI is InChI=1S/C22H31N3O4S/c1-6-25(7-2)30(27,28)21-16-18(10-13-20(21)29-5)22(26)23-19-11-8-17(9-12-19)14-15-24(3)4/h8-13,16H,6-7,14-15H2,1-5H3,(H,23,26). The molecule has 0 unspecified atom stereocenters. The van der Waals surface area contributed by atoms with Crippen LogP contribution in [0.5, 0.6) is 5.75 Å². The Bertz CT molecular complexity index is 953. The molecule has 2 rings (SSSR count). The predicted octanol–water partition coefficient (Wildman–Crippen LogP) is 3.08. The molecule has 0 saturated heterocycles. The lowest BCUT2D eigenvalue weighted by Gasteiger charge is -2.20. The molecule has 7 nitrogen and oxygen atoms in total. The second-order valence-electron chi connectivity index (χ2n) is 7.16. The van der Waals surface area contributed by atoms with Crippen molar-refractivity contribution in [2.24, 2.45) is 0 Å². The Labute approximate surface area is 179 Å². The lowest BCUT2D eigenvalue weighted by atomic mass is 10.1. The number of hydrogen-bond donors (Lipinski definition) is 1. The van der Waals surface area contributed by atoms with Gasteiger partial charge in [0.2, 0.25) is 10.0 Å². The maximum Gasteiger partial charge on any atom is 0.255 e. The fourth-order valence-electron chi connectivity index (χ4n) is 3.03. The van der Waals surface area contributed by atoms with Crippen molar-refractivity contribution in [1.29, 1.82) is 0 Å². The molecule has 0 aliphatic carbocycles. The summed E-state index contributed by atoms with van der Waals surface area (Å²) in [4.78, 5) is 14.8. The van der Waals surface area contributed by atoms with Gasteiger partial charge in [-0.15, -0.1) is 0 Å². The summed E-state index contributed by atoms with van der Waals surface area (Å²) in [6.45, 7) is 5.15. The Hall–Kier alpha value is -2.42. The Balaban J connectivity index is 2.24. The van der Waals surface area contributed by atoms with Crippen molar-refractivity contribution in [1.82, 2.24) is 9.21 Å². The van der Waals surface area contributed by atoms with Gasteiger partial charge in [-0.05, 0) is 56.4 Å². The smallest absolute Gasteiger partial charge is 0.255 e. The van der Waals surface area contributed by atoms with Crippen molar-refractivity contribution in [2.45, 2.75) is 25.2 Å². The van der Waals surface area contributed by atoms with Crippen LogP contribution >= 0.6 is 0 Å². The Morgan fingerprint density at radius 3 is 2.20 bits per heavy atom. The lowest BCUT2D eigenvalue weighted by molar-refractivity contribution is 0.102. The summed E-state index contributed by atoms with van der Waals surface area (Å²) < 4.78 is 32.5. The Morgan fingerprint density at radius 2 is 1.67 bits per heavy atom. The van der Waals surface area contributed by atoms with Crippen LogP contribution in [-0.2, 0) is 16.4 Å². The van der Waals surface area contributed by atoms with Gasteiger partial charge in [-0.25, -0.2) is 8.42 Å². The first kappa shape index (κ1) is 23.9. The number of hydrogen-bond acceptors (Lipinski definition) is 5. The van der Waals surface area contributed by atoms with E-state index >= 15 is 0 Å². The molecule has 0 aromatic heterocycles. The maximum absolute atomic E-state index is 13.0. The van der Waals surface area contributed by atoms with E-state index in [9.17, 15) is 13.2 Å². The largest absolute Gasteiger partial charge is 0.495 e. The molecule has 0 bridgehead atoms. The number of benzene rings is 2. The fraction of sp³-hybridized carbons (Fsp3) is 0.409. The number of anilines is 1. The molecule has 30 heavy (non-hydrogen) atoms. The normalized spacial score (nSPS) is 11.7. The van der Waals surface area contributed by atoms with E-state index in [4.69, 9.17) is 4.74 Å². The molecule has 8 heteroatoms. The van der Waals surface area contributed by atoms with E-state index in [2.05, 4.69) is 10.2 Å². The van der Waals surface area contributed by atoms with Crippen LogP contribution in [0.25, 0.3) is 0 Å². The van der Waals surface area contributed by atoms with E-state index in [1.54, 1.807) is 19.9 Å². The highest BCUT2D eigenvalue weighted by Gasteiger charge is 2.26. The van der Waals surface area contributed by atoms with Gasteiger partial charge >= 0.3 is 0 Å². The first-order valence-electron chi connectivity index (χ1n) is 9.96. The van der Waals surface area contributed by atoms with Gasteiger partial charge in [-0.2, -0.15) is 4.31 Å². The van der Waals surface area contributed by atoms with Crippen LogP contribution in [0.1, 0.15) is 29.8 Å². The monoisotopic (exact) mass is 433 g/mol. The second-order valence-corrected chi connectivity index (χ2v) is 9.07. The van der Waals surface area contributed by atoms with Crippen molar-refractivity contribution < 1.29 is 17.9 Å². The molecule has 0 atom stereocenters. The zero-order chi connectivity index (χ0) is 22.3. The molecule has 1 N–H and O–H groups in total. The van der Waals surface area contributed by atoms with Crippen LogP contribution < -0.4 is 10.1 Å². The number of sulfonamides is 1. The van der Waals surface area contributed by atoms with Gasteiger partial charge in [0.05, 0.1) is 7.11 Å². The molecular weight excluding hydrogens is 402 g/mol. The molecule has 0 aliphatic heterocycles. The van der Waals surface area contributed by atoms with Crippen molar-refractivity contribution in [3.8, 4) is 5.75 Å². The zero-order valence-electron chi connectivity index (χ0n) is 18.3. The number of carbonyl (C=O) groups is 1. The quantitative estimate of drug-likeness (QED) is 0.623. The van der Waals surface area contributed by atoms with Crippen LogP contribution in [0.15, 0.2) is 47.4 Å². The maximum atomic E-state index is 13.0. The Morgan fingerprint density at radius 1 is 1.03 bits per heavy atom. The molecule has 0 heterocycles. The SMILES string of the molecule is CCN(CC)S(=O)(=O)c1cc(C(=O)Nc2ccc(CCN(C)C)cc2)ccc1OC. The summed E-state index contributed by atoms with van der Waals surface area (Å²) in [5.41, 5.74) is 2.08. The van der Waals surface area contributed by atoms with Gasteiger partial charge in [-0.1, -0.05) is 26.0 Å². The number of likely N-dealkylation sites (N-methyl/N-ethyl adjacent to an activating group) is 1. The first-order valence-corrected chi connectivity index (χ1v) is 11.4. The molecule has 0 aliphatic rings. The van der Waals surface area contributed by atoms with Gasteiger partial charge in [0.15, 0.2) is 0 Å². The highest BCUT2D eigenvalue weighted by atomic mass is 32.2. The topological polar surface area (TPSA) is 79.0 Å². The van der Waals surface area contributed by atoms with E-state index in [0.717, 1.165) is 13.0 Å². The van der Waals surface area contributed by atoms with Crippen LogP contribution in [0.4, 0.5) is 5.69 Å². The van der Waals surface area contributed by atoms with Gasteiger partial charge in [0.25, 0.3) is 5.91 Å². The summed E-state index contributed by atoms with van der Waals surface area (Å²) in [5, 5.41) is 2.83. The van der Waals surface area contributed by atoms with E-state index in [1.165, 1.54) is 29.1 Å². The third kappa shape index (κ3) is 5.81. The van der Waals surface area contributed by atoms with Gasteiger partial charge in [0.1, 0.15) is 10.6 Å². The van der Waals surface area contributed by atoms with Gasteiger partial charge in [-0.3, -0.25) is 4.79 Å². The number of ether oxygens (including phenoxy) is 1. The highest BCUT2D eigenvalue weighted by molar-refractivity contribution is 7.89. The van der Waals surface area contributed by atoms with E-state index in [-0.39, 0.29) is 22.1 Å². The van der Waals surface area contributed by atoms with E-state index in [0.29, 0.717) is 18.8 Å². The molecule has 0 saturated carbocycles. The third-order valence-corrected chi connectivity index (χ3v) is 6.88. The van der Waals surface area contributed by atoms with Crippen molar-refractivity contribution >= 4 is 21.6 Å². The number of methoxy groups -OCH3 is 1. The minimum atomic E-state index is -3.77. The number of nitrogens with zero attached hydrogens (tertiary/aromatic N) is 2. The highest BCUT2D eigenvalue weighted by Crippen LogP contribution is 2.28. The van der Waals surface area contributed by atoms with Crippen LogP contribution in [0.3, 0.4) is 0 Å². The zero-order valence-corrected chi connectivity index (χ0v) is 19.1. The fourth-order valence-corrected chi connectivity index (χ4v) is 4.67. The summed E-state index contributed by atoms with van der Waals surface area (Å²) in [6, 6.07) is 12.1. The van der Waals surface area contributed by atoms with Crippen molar-refractivity contribution in [2.75, 3.05) is 46.2 Å². The summed E-state index contributed by atoms with van der Waals surface area (Å²) in [7, 11) is 1.70. The summed E-state index contributed by atoms with van der Waals surface area (Å²) in [6.07, 6.45) is 0.923. The van der Waals surface area contributed by atoms with Crippen LogP contribution in [-0.4, -0.2) is 64.4 Å². The van der Waals surface area contributed by atoms with Gasteiger partial charge in [0, 0.05) is 30.9 Å². The van der Waals surface area contributed by atoms with Crippen LogP contribution in [0.2, 0.25) is 0 Å². The summed E-state index contributed by atoms with van der Waals surface area (Å²) >= 11 is 0. The molecular formula is C22H31N3O4S. The minimum Gasteiger partial charge on any atom is -0.495 e. The first-order chi connectivity index (χ1) is 14.2. The molecule has 0 spiro atoms. The summed E-state index contributed by atoms with van der Waals surface area (Å²) in [5.74, 6) is -0.168. The number of rotatable bonds is 10. The van der Waals surface area contributed by atoms with E-state index < -0.39 is 10.0 Å². The molecule has 164 valence electrons. The average molecular weight is 434 g/mol. The Kier molecular flexibility index (Phi) is 8.40. The predicted molar refractivity (Wildman–Crippen MR) is 120 cm³/mol. The average Bonchev–Trinajstić information content (AvgIpc) is 2.73. The number of carbonyl (C=O) groups excluding carboxylic acids is 1. The lowest BCUT2D eigenvalue weighted by Crippen LogP contribution is -2.31.